The van der Waals surface area contributed by atoms with Gasteiger partial charge < -0.3 is 10.2 Å². The van der Waals surface area contributed by atoms with Crippen molar-refractivity contribution in [1.29, 1.82) is 0 Å². The van der Waals surface area contributed by atoms with Gasteiger partial charge in [0.05, 0.1) is 10.0 Å². The summed E-state index contributed by atoms with van der Waals surface area (Å²) in [4.78, 5) is 0. The van der Waals surface area contributed by atoms with Gasteiger partial charge in [-0.3, -0.25) is 4.55 Å². The van der Waals surface area contributed by atoms with E-state index in [-0.39, 0.29) is 42.5 Å². The zero-order valence-electron chi connectivity index (χ0n) is 14.3. The molecule has 0 saturated heterocycles. The summed E-state index contributed by atoms with van der Waals surface area (Å²) in [5, 5.41) is 20.0. The fourth-order valence-corrected chi connectivity index (χ4v) is 5.59. The van der Waals surface area contributed by atoms with Crippen molar-refractivity contribution in [2.24, 2.45) is 0 Å². The minimum absolute atomic E-state index is 0.0280. The summed E-state index contributed by atoms with van der Waals surface area (Å²) in [7, 11) is -5.11. The normalized spacial score (nSPS) is 13.8. The van der Waals surface area contributed by atoms with E-state index in [0.717, 1.165) is 18.2 Å². The van der Waals surface area contributed by atoms with Crippen LogP contribution < -0.4 is 0 Å². The quantitative estimate of drug-likeness (QED) is 0.311. The van der Waals surface area contributed by atoms with E-state index in [4.69, 9.17) is 46.4 Å². The molecule has 0 aromatic heterocycles. The third-order valence-electron chi connectivity index (χ3n) is 4.39. The summed E-state index contributed by atoms with van der Waals surface area (Å²) < 4.78 is 34.0. The first-order chi connectivity index (χ1) is 13.5. The van der Waals surface area contributed by atoms with Crippen LogP contribution in [0.3, 0.4) is 0 Å². The van der Waals surface area contributed by atoms with Crippen LogP contribution in [0.4, 0.5) is 0 Å². The average Bonchev–Trinajstić information content (AvgIpc) is 2.61. The van der Waals surface area contributed by atoms with E-state index in [2.05, 4.69) is 0 Å². The van der Waals surface area contributed by atoms with Crippen LogP contribution in [0.5, 0.6) is 11.5 Å². The van der Waals surface area contributed by atoms with Gasteiger partial charge in [-0.05, 0) is 24.3 Å². The molecule has 0 radical (unpaired) electrons. The van der Waals surface area contributed by atoms with Crippen LogP contribution in [0.2, 0.25) is 20.1 Å². The van der Waals surface area contributed by atoms with Crippen molar-refractivity contribution in [3.8, 4) is 11.5 Å². The molecule has 5 nitrogen and oxygen atoms in total. The number of hydrogen-bond acceptors (Lipinski definition) is 4. The van der Waals surface area contributed by atoms with Gasteiger partial charge in [0.15, 0.2) is 4.75 Å². The van der Waals surface area contributed by atoms with E-state index in [0.29, 0.717) is 0 Å². The van der Waals surface area contributed by atoms with Gasteiger partial charge in [-0.2, -0.15) is 8.42 Å². The van der Waals surface area contributed by atoms with E-state index < -0.39 is 20.6 Å². The first-order valence-electron chi connectivity index (χ1n) is 7.89. The first kappa shape index (κ1) is 22.0. The largest absolute Gasteiger partial charge is 0.508 e. The number of phenols is 2. The molecule has 29 heavy (non-hydrogen) atoms. The summed E-state index contributed by atoms with van der Waals surface area (Å²) in [6.07, 6.45) is 0. The molecule has 152 valence electrons. The van der Waals surface area contributed by atoms with Crippen molar-refractivity contribution in [2.75, 3.05) is 0 Å². The smallest absolute Gasteiger partial charge is 0.283 e. The second-order valence-electron chi connectivity index (χ2n) is 6.08. The molecule has 0 bridgehead atoms. The lowest BCUT2D eigenvalue weighted by Crippen LogP contribution is -2.39. The molecule has 3 aromatic carbocycles. The molecule has 0 aliphatic rings. The van der Waals surface area contributed by atoms with Gasteiger partial charge in [-0.25, -0.2) is 0 Å². The highest BCUT2D eigenvalue weighted by Gasteiger charge is 2.52. The lowest BCUT2D eigenvalue weighted by atomic mass is 9.83. The van der Waals surface area contributed by atoms with Gasteiger partial charge in [-0.15, -0.1) is 0 Å². The number of hydrogen-bond donors (Lipinski definition) is 3. The maximum atomic E-state index is 13.0. The predicted molar refractivity (Wildman–Crippen MR) is 114 cm³/mol. The molecule has 0 heterocycles. The van der Waals surface area contributed by atoms with Crippen LogP contribution in [0.15, 0.2) is 54.6 Å². The van der Waals surface area contributed by atoms with Crippen molar-refractivity contribution >= 4 is 56.5 Å². The Balaban J connectivity index is 2.63. The van der Waals surface area contributed by atoms with E-state index in [1.54, 1.807) is 6.07 Å². The SMILES string of the molecule is O=S(=O)(O)C(c1cc(Cl)c(Cl)cc1O)(c1ccccc1Cl)c1ccc(O)cc1Cl. The third kappa shape index (κ3) is 3.65. The molecule has 3 rings (SSSR count). The third-order valence-corrected chi connectivity index (χ3v) is 7.19. The Kier molecular flexibility index (Phi) is 5.98. The number of aromatic hydroxyl groups is 2. The zero-order chi connectivity index (χ0) is 21.6. The molecule has 0 spiro atoms. The van der Waals surface area contributed by atoms with Crippen molar-refractivity contribution in [2.45, 2.75) is 4.75 Å². The highest BCUT2D eigenvalue weighted by molar-refractivity contribution is 7.87. The molecule has 0 aliphatic heterocycles. The van der Waals surface area contributed by atoms with Gasteiger partial charge in [0.1, 0.15) is 11.5 Å². The van der Waals surface area contributed by atoms with Crippen LogP contribution in [-0.2, 0) is 14.9 Å². The summed E-state index contributed by atoms with van der Waals surface area (Å²) in [5.41, 5.74) is -0.582. The Morgan fingerprint density at radius 1 is 0.690 bits per heavy atom. The molecule has 10 heteroatoms. The zero-order valence-corrected chi connectivity index (χ0v) is 18.1. The molecule has 0 aliphatic carbocycles. The summed E-state index contributed by atoms with van der Waals surface area (Å²) in [5.74, 6) is -0.804. The first-order valence-corrected chi connectivity index (χ1v) is 10.8. The molecule has 1 atom stereocenters. The van der Waals surface area contributed by atoms with Crippen molar-refractivity contribution < 1.29 is 23.2 Å². The Labute approximate surface area is 186 Å². The van der Waals surface area contributed by atoms with Crippen molar-refractivity contribution in [1.82, 2.24) is 0 Å². The van der Waals surface area contributed by atoms with Crippen LogP contribution in [0.25, 0.3) is 0 Å². The Bertz CT molecular complexity index is 1210. The van der Waals surface area contributed by atoms with Crippen LogP contribution in [0, 0.1) is 0 Å². The van der Waals surface area contributed by atoms with Crippen LogP contribution in [-0.4, -0.2) is 23.2 Å². The second kappa shape index (κ2) is 7.87. The van der Waals surface area contributed by atoms with Gasteiger partial charge >= 0.3 is 0 Å². The van der Waals surface area contributed by atoms with Gasteiger partial charge in [-0.1, -0.05) is 70.7 Å². The Hall–Kier alpha value is -1.67. The minimum Gasteiger partial charge on any atom is -0.508 e. The summed E-state index contributed by atoms with van der Waals surface area (Å²) >= 11 is 24.6. The van der Waals surface area contributed by atoms with Gasteiger partial charge in [0.2, 0.25) is 0 Å². The monoisotopic (exact) mass is 492 g/mol. The number of phenolic OH excluding ortho intramolecular Hbond substituents is 2. The summed E-state index contributed by atoms with van der Waals surface area (Å²) in [6.45, 7) is 0. The molecule has 0 amide bonds. The summed E-state index contributed by atoms with van der Waals surface area (Å²) in [6, 6.07) is 11.5. The highest BCUT2D eigenvalue weighted by atomic mass is 35.5. The topological polar surface area (TPSA) is 94.8 Å². The number of benzene rings is 3. The lowest BCUT2D eigenvalue weighted by Gasteiger charge is -2.34. The maximum Gasteiger partial charge on any atom is 0.283 e. The molecular formula is C19H12Cl4O5S. The van der Waals surface area contributed by atoms with E-state index >= 15 is 0 Å². The van der Waals surface area contributed by atoms with E-state index in [9.17, 15) is 23.2 Å². The fourth-order valence-electron chi connectivity index (χ4n) is 3.21. The van der Waals surface area contributed by atoms with E-state index in [1.165, 1.54) is 30.3 Å². The lowest BCUT2D eigenvalue weighted by molar-refractivity contribution is 0.440. The van der Waals surface area contributed by atoms with Crippen molar-refractivity contribution in [3.05, 3.63) is 91.4 Å². The average molecular weight is 494 g/mol. The molecule has 3 aromatic rings. The molecule has 0 fully saturated rings. The molecule has 0 saturated carbocycles. The second-order valence-corrected chi connectivity index (χ2v) is 9.28. The molecule has 3 N–H and O–H groups in total. The standard InChI is InChI=1S/C19H12Cl4O5S/c20-14-4-2-1-3-11(14)19(29(26,27)28,12-6-5-10(24)7-15(12)21)13-8-16(22)17(23)9-18(13)25/h1-9,24-25H,(H,26,27,28). The fraction of sp³-hybridized carbons (Fsp3) is 0.0526. The van der Waals surface area contributed by atoms with Gasteiger partial charge in [0, 0.05) is 32.8 Å². The Morgan fingerprint density at radius 2 is 1.28 bits per heavy atom. The number of rotatable bonds is 4. The van der Waals surface area contributed by atoms with Crippen LogP contribution in [0.1, 0.15) is 16.7 Å². The molecular weight excluding hydrogens is 482 g/mol. The van der Waals surface area contributed by atoms with E-state index in [1.807, 2.05) is 0 Å². The number of halogens is 4. The predicted octanol–water partition coefficient (Wildman–Crippen LogP) is 5.89. The maximum absolute atomic E-state index is 13.0. The Morgan fingerprint density at radius 3 is 1.86 bits per heavy atom. The van der Waals surface area contributed by atoms with Gasteiger partial charge in [0.25, 0.3) is 10.1 Å². The minimum atomic E-state index is -5.11. The van der Waals surface area contributed by atoms with Crippen LogP contribution >= 0.6 is 46.4 Å². The molecule has 1 unspecified atom stereocenters. The van der Waals surface area contributed by atoms with Crippen molar-refractivity contribution in [3.63, 3.8) is 0 Å². The highest BCUT2D eigenvalue weighted by Crippen LogP contribution is 2.52.